The molecule has 0 spiro atoms. The number of ether oxygens (including phenoxy) is 1. The van der Waals surface area contributed by atoms with Gasteiger partial charge in [0.1, 0.15) is 0 Å². The van der Waals surface area contributed by atoms with E-state index in [0.717, 1.165) is 57.3 Å². The van der Waals surface area contributed by atoms with Crippen LogP contribution in [0.3, 0.4) is 0 Å². The third-order valence-corrected chi connectivity index (χ3v) is 3.89. The Morgan fingerprint density at radius 3 is 2.58 bits per heavy atom. The lowest BCUT2D eigenvalue weighted by molar-refractivity contribution is 0.255. The second kappa shape index (κ2) is 7.65. The molecule has 6 heteroatoms. The topological polar surface area (TPSA) is 41.5 Å². The molecule has 0 N–H and O–H groups in total. The number of aromatic nitrogens is 2. The van der Waals surface area contributed by atoms with E-state index in [4.69, 9.17) is 4.74 Å². The zero-order valence-electron chi connectivity index (χ0n) is 12.0. The summed E-state index contributed by atoms with van der Waals surface area (Å²) in [5.74, 6) is 1.67. The van der Waals surface area contributed by atoms with Gasteiger partial charge in [-0.25, -0.2) is 0 Å². The molecule has 0 amide bonds. The zero-order valence-corrected chi connectivity index (χ0v) is 12.8. The molecule has 1 fully saturated rings. The highest BCUT2D eigenvalue weighted by molar-refractivity contribution is 6.99. The highest BCUT2D eigenvalue weighted by Crippen LogP contribution is 2.26. The molecule has 2 heterocycles. The van der Waals surface area contributed by atoms with E-state index < -0.39 is 0 Å². The second-order valence-corrected chi connectivity index (χ2v) is 5.45. The minimum atomic E-state index is 0.724. The molecule has 1 aliphatic rings. The predicted molar refractivity (Wildman–Crippen MR) is 79.3 cm³/mol. The molecule has 1 aromatic heterocycles. The summed E-state index contributed by atoms with van der Waals surface area (Å²) in [6.07, 6.45) is 3.44. The molecule has 108 valence electrons. The number of unbranched alkanes of at least 4 members (excludes halogenated alkanes) is 1. The fourth-order valence-electron chi connectivity index (χ4n) is 2.27. The van der Waals surface area contributed by atoms with E-state index in [0.29, 0.717) is 0 Å². The third kappa shape index (κ3) is 4.04. The van der Waals surface area contributed by atoms with Crippen molar-refractivity contribution in [2.45, 2.75) is 33.1 Å². The van der Waals surface area contributed by atoms with Crippen molar-refractivity contribution in [1.82, 2.24) is 13.6 Å². The van der Waals surface area contributed by atoms with Crippen molar-refractivity contribution in [2.75, 3.05) is 44.2 Å². The summed E-state index contributed by atoms with van der Waals surface area (Å²) in [5, 5.41) is 0. The Morgan fingerprint density at radius 1 is 1.11 bits per heavy atom. The molecule has 0 radical (unpaired) electrons. The Labute approximate surface area is 119 Å². The van der Waals surface area contributed by atoms with Gasteiger partial charge < -0.3 is 9.64 Å². The number of anilines is 1. The summed E-state index contributed by atoms with van der Waals surface area (Å²) in [4.78, 5) is 4.81. The SMILES string of the molecule is CCCCOc1nsnc1N1CCN(CCC)CC1. The molecule has 0 aromatic carbocycles. The van der Waals surface area contributed by atoms with Crippen LogP contribution in [-0.2, 0) is 0 Å². The normalized spacial score (nSPS) is 16.8. The first kappa shape index (κ1) is 14.5. The van der Waals surface area contributed by atoms with Crippen molar-refractivity contribution in [3.05, 3.63) is 0 Å². The van der Waals surface area contributed by atoms with Gasteiger partial charge in [0.05, 0.1) is 18.3 Å². The number of hydrogen-bond donors (Lipinski definition) is 0. The molecule has 5 nitrogen and oxygen atoms in total. The second-order valence-electron chi connectivity index (χ2n) is 4.92. The first-order chi connectivity index (χ1) is 9.35. The zero-order chi connectivity index (χ0) is 13.5. The monoisotopic (exact) mass is 284 g/mol. The lowest BCUT2D eigenvalue weighted by Crippen LogP contribution is -2.46. The van der Waals surface area contributed by atoms with Crippen LogP contribution in [0.4, 0.5) is 5.82 Å². The molecule has 2 rings (SSSR count). The molecule has 0 atom stereocenters. The molecule has 1 aliphatic heterocycles. The first-order valence-corrected chi connectivity index (χ1v) is 8.00. The van der Waals surface area contributed by atoms with Gasteiger partial charge in [0.15, 0.2) is 0 Å². The minimum absolute atomic E-state index is 0.724. The van der Waals surface area contributed by atoms with E-state index in [-0.39, 0.29) is 0 Å². The average molecular weight is 284 g/mol. The van der Waals surface area contributed by atoms with Crippen LogP contribution >= 0.6 is 11.7 Å². The lowest BCUT2D eigenvalue weighted by atomic mass is 10.3. The summed E-state index contributed by atoms with van der Waals surface area (Å²) >= 11 is 1.25. The van der Waals surface area contributed by atoms with Crippen LogP contribution in [0.1, 0.15) is 33.1 Å². The average Bonchev–Trinajstić information content (AvgIpc) is 2.89. The molecule has 0 unspecified atom stereocenters. The van der Waals surface area contributed by atoms with Crippen LogP contribution in [-0.4, -0.2) is 53.0 Å². The van der Waals surface area contributed by atoms with Gasteiger partial charge in [-0.05, 0) is 19.4 Å². The molecule has 0 saturated carbocycles. The van der Waals surface area contributed by atoms with Crippen molar-refractivity contribution >= 4 is 17.5 Å². The van der Waals surface area contributed by atoms with Gasteiger partial charge >= 0.3 is 0 Å². The van der Waals surface area contributed by atoms with Gasteiger partial charge in [-0.15, -0.1) is 4.37 Å². The Bertz CT molecular complexity index is 363. The number of rotatable bonds is 7. The molecule has 19 heavy (non-hydrogen) atoms. The first-order valence-electron chi connectivity index (χ1n) is 7.27. The lowest BCUT2D eigenvalue weighted by Gasteiger charge is -2.34. The van der Waals surface area contributed by atoms with Gasteiger partial charge in [0.25, 0.3) is 5.88 Å². The molecule has 1 saturated heterocycles. The summed E-state index contributed by atoms with van der Waals surface area (Å²) < 4.78 is 14.4. The summed E-state index contributed by atoms with van der Waals surface area (Å²) in [7, 11) is 0. The standard InChI is InChI=1S/C13H24N4OS/c1-3-5-11-18-13-12(14-19-15-13)17-9-7-16(6-4-2)8-10-17/h3-11H2,1-2H3. The molecule has 0 aliphatic carbocycles. The van der Waals surface area contributed by atoms with Crippen LogP contribution in [0.5, 0.6) is 5.88 Å². The maximum Gasteiger partial charge on any atom is 0.270 e. The van der Waals surface area contributed by atoms with Gasteiger partial charge in [0.2, 0.25) is 5.82 Å². The largest absolute Gasteiger partial charge is 0.474 e. The molecular weight excluding hydrogens is 260 g/mol. The van der Waals surface area contributed by atoms with Crippen LogP contribution in [0.2, 0.25) is 0 Å². The van der Waals surface area contributed by atoms with Gasteiger partial charge in [-0.1, -0.05) is 20.3 Å². The van der Waals surface area contributed by atoms with Gasteiger partial charge in [0, 0.05) is 26.2 Å². The van der Waals surface area contributed by atoms with E-state index >= 15 is 0 Å². The maximum absolute atomic E-state index is 5.73. The summed E-state index contributed by atoms with van der Waals surface area (Å²) in [5.41, 5.74) is 0. The highest BCUT2D eigenvalue weighted by Gasteiger charge is 2.22. The smallest absolute Gasteiger partial charge is 0.270 e. The van der Waals surface area contributed by atoms with E-state index in [1.54, 1.807) is 0 Å². The quantitative estimate of drug-likeness (QED) is 0.718. The van der Waals surface area contributed by atoms with Crippen molar-refractivity contribution in [3.8, 4) is 5.88 Å². The Hall–Kier alpha value is -0.880. The van der Waals surface area contributed by atoms with Crippen molar-refractivity contribution in [3.63, 3.8) is 0 Å². The van der Waals surface area contributed by atoms with Crippen molar-refractivity contribution < 1.29 is 4.74 Å². The third-order valence-electron chi connectivity index (χ3n) is 3.39. The Morgan fingerprint density at radius 2 is 1.89 bits per heavy atom. The van der Waals surface area contributed by atoms with Gasteiger partial charge in [-0.2, -0.15) is 4.37 Å². The fraction of sp³-hybridized carbons (Fsp3) is 0.846. The van der Waals surface area contributed by atoms with Crippen LogP contribution in [0.25, 0.3) is 0 Å². The Balaban J connectivity index is 1.87. The highest BCUT2D eigenvalue weighted by atomic mass is 32.1. The van der Waals surface area contributed by atoms with Crippen molar-refractivity contribution in [2.24, 2.45) is 0 Å². The van der Waals surface area contributed by atoms with E-state index in [1.807, 2.05) is 0 Å². The van der Waals surface area contributed by atoms with E-state index in [1.165, 1.54) is 24.7 Å². The maximum atomic E-state index is 5.73. The van der Waals surface area contributed by atoms with Crippen LogP contribution < -0.4 is 9.64 Å². The van der Waals surface area contributed by atoms with Crippen molar-refractivity contribution in [1.29, 1.82) is 0 Å². The van der Waals surface area contributed by atoms with Crippen LogP contribution in [0, 0.1) is 0 Å². The minimum Gasteiger partial charge on any atom is -0.474 e. The summed E-state index contributed by atoms with van der Waals surface area (Å²) in [6.45, 7) is 10.6. The number of hydrogen-bond acceptors (Lipinski definition) is 6. The van der Waals surface area contributed by atoms with Gasteiger partial charge in [-0.3, -0.25) is 4.90 Å². The molecule has 1 aromatic rings. The fourth-order valence-corrected chi connectivity index (χ4v) is 2.79. The number of nitrogens with zero attached hydrogens (tertiary/aromatic N) is 4. The van der Waals surface area contributed by atoms with E-state index in [9.17, 15) is 0 Å². The molecule has 0 bridgehead atoms. The number of piperazine rings is 1. The Kier molecular flexibility index (Phi) is 5.85. The predicted octanol–water partition coefficient (Wildman–Crippen LogP) is 2.25. The van der Waals surface area contributed by atoms with E-state index in [2.05, 4.69) is 32.4 Å². The van der Waals surface area contributed by atoms with Crippen LogP contribution in [0.15, 0.2) is 0 Å². The molecular formula is C13H24N4OS. The summed E-state index contributed by atoms with van der Waals surface area (Å²) in [6, 6.07) is 0.